The lowest BCUT2D eigenvalue weighted by Crippen LogP contribution is -2.28. The van der Waals surface area contributed by atoms with Crippen molar-refractivity contribution < 1.29 is 5.11 Å². The van der Waals surface area contributed by atoms with Crippen molar-refractivity contribution >= 4 is 23.2 Å². The van der Waals surface area contributed by atoms with E-state index in [2.05, 4.69) is 5.32 Å². The summed E-state index contributed by atoms with van der Waals surface area (Å²) in [6, 6.07) is 5.32. The first-order chi connectivity index (χ1) is 7.18. The molecule has 0 saturated carbocycles. The minimum Gasteiger partial charge on any atom is -0.387 e. The van der Waals surface area contributed by atoms with E-state index in [1.54, 1.807) is 18.2 Å². The average Bonchev–Trinajstić information content (AvgIpc) is 2.69. The molecule has 1 aliphatic heterocycles. The summed E-state index contributed by atoms with van der Waals surface area (Å²) < 4.78 is 0. The first kappa shape index (κ1) is 11.2. The molecule has 0 amide bonds. The molecule has 2 unspecified atom stereocenters. The van der Waals surface area contributed by atoms with E-state index in [4.69, 9.17) is 23.2 Å². The highest BCUT2D eigenvalue weighted by Crippen LogP contribution is 2.30. The Morgan fingerprint density at radius 3 is 2.80 bits per heavy atom. The van der Waals surface area contributed by atoms with Gasteiger partial charge in [0.05, 0.1) is 6.10 Å². The molecular weight excluding hydrogens is 233 g/mol. The molecule has 2 atom stereocenters. The Bertz CT molecular complexity index is 350. The summed E-state index contributed by atoms with van der Waals surface area (Å²) >= 11 is 11.8. The van der Waals surface area contributed by atoms with Crippen LogP contribution in [0.2, 0.25) is 10.0 Å². The van der Waals surface area contributed by atoms with Crippen molar-refractivity contribution in [2.45, 2.75) is 25.0 Å². The minimum absolute atomic E-state index is 0.115. The molecule has 0 bridgehead atoms. The number of hydrogen-bond donors (Lipinski definition) is 2. The molecule has 15 heavy (non-hydrogen) atoms. The molecule has 0 radical (unpaired) electrons. The van der Waals surface area contributed by atoms with Crippen LogP contribution in [0.4, 0.5) is 0 Å². The molecule has 2 N–H and O–H groups in total. The Morgan fingerprint density at radius 2 is 2.20 bits per heavy atom. The van der Waals surface area contributed by atoms with E-state index in [9.17, 15) is 5.11 Å². The van der Waals surface area contributed by atoms with Gasteiger partial charge >= 0.3 is 0 Å². The van der Waals surface area contributed by atoms with Crippen LogP contribution in [0.5, 0.6) is 0 Å². The zero-order valence-corrected chi connectivity index (χ0v) is 9.72. The lowest BCUT2D eigenvalue weighted by molar-refractivity contribution is 0.137. The van der Waals surface area contributed by atoms with Gasteiger partial charge in [-0.3, -0.25) is 0 Å². The molecule has 0 aromatic heterocycles. The van der Waals surface area contributed by atoms with Crippen molar-refractivity contribution in [1.82, 2.24) is 5.32 Å². The van der Waals surface area contributed by atoms with Gasteiger partial charge in [-0.2, -0.15) is 0 Å². The van der Waals surface area contributed by atoms with Gasteiger partial charge in [-0.1, -0.05) is 29.3 Å². The highest BCUT2D eigenvalue weighted by atomic mass is 35.5. The van der Waals surface area contributed by atoms with Gasteiger partial charge in [0.25, 0.3) is 0 Å². The summed E-state index contributed by atoms with van der Waals surface area (Å²) in [5.41, 5.74) is 0.750. The predicted octanol–water partition coefficient (Wildman–Crippen LogP) is 2.78. The van der Waals surface area contributed by atoms with Crippen molar-refractivity contribution in [1.29, 1.82) is 0 Å². The molecule has 82 valence electrons. The number of benzene rings is 1. The number of rotatable bonds is 2. The van der Waals surface area contributed by atoms with Crippen LogP contribution in [-0.4, -0.2) is 17.7 Å². The van der Waals surface area contributed by atoms with Crippen LogP contribution < -0.4 is 5.32 Å². The van der Waals surface area contributed by atoms with Crippen LogP contribution in [0.1, 0.15) is 24.5 Å². The molecule has 1 aliphatic rings. The number of aliphatic hydroxyl groups is 1. The third-order valence-corrected chi connectivity index (χ3v) is 3.32. The summed E-state index contributed by atoms with van der Waals surface area (Å²) in [6.07, 6.45) is 1.55. The molecule has 1 heterocycles. The van der Waals surface area contributed by atoms with Crippen molar-refractivity contribution in [3.05, 3.63) is 33.8 Å². The Morgan fingerprint density at radius 1 is 1.40 bits per heavy atom. The lowest BCUT2D eigenvalue weighted by Gasteiger charge is -2.19. The predicted molar refractivity (Wildman–Crippen MR) is 62.4 cm³/mol. The second-order valence-corrected chi connectivity index (χ2v) is 4.66. The van der Waals surface area contributed by atoms with Gasteiger partial charge in [0.2, 0.25) is 0 Å². The second kappa shape index (κ2) is 4.71. The van der Waals surface area contributed by atoms with E-state index in [1.165, 1.54) is 0 Å². The molecule has 1 saturated heterocycles. The van der Waals surface area contributed by atoms with Crippen LogP contribution in [-0.2, 0) is 0 Å². The van der Waals surface area contributed by atoms with E-state index in [0.29, 0.717) is 10.0 Å². The summed E-state index contributed by atoms with van der Waals surface area (Å²) in [7, 11) is 0. The zero-order valence-electron chi connectivity index (χ0n) is 8.21. The molecule has 2 nitrogen and oxygen atoms in total. The van der Waals surface area contributed by atoms with Crippen molar-refractivity contribution in [3.63, 3.8) is 0 Å². The highest BCUT2D eigenvalue weighted by molar-refractivity contribution is 6.35. The fraction of sp³-hybridized carbons (Fsp3) is 0.455. The Kier molecular flexibility index (Phi) is 3.52. The fourth-order valence-corrected chi connectivity index (χ4v) is 2.46. The molecule has 0 spiro atoms. The third kappa shape index (κ3) is 2.45. The summed E-state index contributed by atoms with van der Waals surface area (Å²) in [5, 5.41) is 14.5. The quantitative estimate of drug-likeness (QED) is 0.840. The second-order valence-electron chi connectivity index (χ2n) is 3.81. The number of hydrogen-bond acceptors (Lipinski definition) is 2. The van der Waals surface area contributed by atoms with Crippen LogP contribution in [0.15, 0.2) is 18.2 Å². The Hall–Kier alpha value is -0.280. The van der Waals surface area contributed by atoms with Crippen LogP contribution in [0.25, 0.3) is 0 Å². The van der Waals surface area contributed by atoms with E-state index in [-0.39, 0.29) is 6.04 Å². The molecule has 4 heteroatoms. The van der Waals surface area contributed by atoms with Crippen LogP contribution >= 0.6 is 23.2 Å². The van der Waals surface area contributed by atoms with Gasteiger partial charge in [0.1, 0.15) is 0 Å². The molecular formula is C11H13Cl2NO. The van der Waals surface area contributed by atoms with Crippen molar-refractivity contribution in [2.75, 3.05) is 6.54 Å². The summed E-state index contributed by atoms with van der Waals surface area (Å²) in [5.74, 6) is 0. The van der Waals surface area contributed by atoms with E-state index < -0.39 is 6.10 Å². The van der Waals surface area contributed by atoms with Gasteiger partial charge in [-0.05, 0) is 31.5 Å². The maximum absolute atomic E-state index is 10.1. The maximum atomic E-state index is 10.1. The van der Waals surface area contributed by atoms with Crippen LogP contribution in [0.3, 0.4) is 0 Å². The maximum Gasteiger partial charge on any atom is 0.0957 e. The summed E-state index contributed by atoms with van der Waals surface area (Å²) in [4.78, 5) is 0. The zero-order chi connectivity index (χ0) is 10.8. The molecule has 1 aromatic rings. The van der Waals surface area contributed by atoms with Gasteiger partial charge in [-0.25, -0.2) is 0 Å². The summed E-state index contributed by atoms with van der Waals surface area (Å²) in [6.45, 7) is 0.965. The minimum atomic E-state index is -0.544. The largest absolute Gasteiger partial charge is 0.387 e. The van der Waals surface area contributed by atoms with Crippen molar-refractivity contribution in [2.24, 2.45) is 0 Å². The van der Waals surface area contributed by atoms with E-state index in [1.807, 2.05) is 0 Å². The van der Waals surface area contributed by atoms with Gasteiger partial charge in [-0.15, -0.1) is 0 Å². The SMILES string of the molecule is OC(c1ccc(Cl)cc1Cl)C1CCCN1. The van der Waals surface area contributed by atoms with Crippen LogP contribution in [0, 0.1) is 0 Å². The normalized spacial score (nSPS) is 23.0. The highest BCUT2D eigenvalue weighted by Gasteiger charge is 2.25. The number of halogens is 2. The number of aliphatic hydroxyl groups excluding tert-OH is 1. The lowest BCUT2D eigenvalue weighted by atomic mass is 10.0. The number of nitrogens with one attached hydrogen (secondary N) is 1. The molecule has 2 rings (SSSR count). The van der Waals surface area contributed by atoms with Crippen molar-refractivity contribution in [3.8, 4) is 0 Å². The fourth-order valence-electron chi connectivity index (χ4n) is 1.94. The van der Waals surface area contributed by atoms with E-state index in [0.717, 1.165) is 24.9 Å². The monoisotopic (exact) mass is 245 g/mol. The first-order valence-electron chi connectivity index (χ1n) is 5.05. The molecule has 1 aromatic carbocycles. The van der Waals surface area contributed by atoms with E-state index >= 15 is 0 Å². The Balaban J connectivity index is 2.20. The van der Waals surface area contributed by atoms with Gasteiger partial charge in [0.15, 0.2) is 0 Å². The van der Waals surface area contributed by atoms with Gasteiger partial charge < -0.3 is 10.4 Å². The topological polar surface area (TPSA) is 32.3 Å². The molecule has 1 fully saturated rings. The molecule has 0 aliphatic carbocycles. The standard InChI is InChI=1S/C11H13Cl2NO/c12-7-3-4-8(9(13)6-7)11(15)10-2-1-5-14-10/h3-4,6,10-11,14-15H,1-2,5H2. The van der Waals surface area contributed by atoms with Gasteiger partial charge in [0, 0.05) is 21.7 Å². The smallest absolute Gasteiger partial charge is 0.0957 e. The average molecular weight is 246 g/mol. The first-order valence-corrected chi connectivity index (χ1v) is 5.80. The third-order valence-electron chi connectivity index (χ3n) is 2.76. The Labute approximate surface area is 99.2 Å².